The van der Waals surface area contributed by atoms with Gasteiger partial charge >= 0.3 is 5.97 Å². The minimum atomic E-state index is -0.927. The van der Waals surface area contributed by atoms with Crippen LogP contribution < -0.4 is 0 Å². The van der Waals surface area contributed by atoms with E-state index in [0.29, 0.717) is 37.8 Å². The van der Waals surface area contributed by atoms with Gasteiger partial charge in [0.2, 0.25) is 5.89 Å². The van der Waals surface area contributed by atoms with Crippen molar-refractivity contribution >= 4 is 5.97 Å². The molecule has 2 aromatic rings. The van der Waals surface area contributed by atoms with Crippen LogP contribution in [0.1, 0.15) is 27.6 Å². The Balaban J connectivity index is 1.92. The maximum atomic E-state index is 11.0. The topological polar surface area (TPSA) is 88.7 Å². The molecule has 0 atom stereocenters. The summed E-state index contributed by atoms with van der Waals surface area (Å²) in [6, 6.07) is 6.87. The molecule has 0 unspecified atom stereocenters. The quantitative estimate of drug-likeness (QED) is 0.792. The fourth-order valence-electron chi connectivity index (χ4n) is 2.05. The van der Waals surface area contributed by atoms with Gasteiger partial charge in [-0.05, 0) is 24.7 Å². The summed E-state index contributed by atoms with van der Waals surface area (Å²) in [4.78, 5) is 17.2. The van der Waals surface area contributed by atoms with Crippen molar-refractivity contribution in [1.29, 1.82) is 0 Å². The highest BCUT2D eigenvalue weighted by molar-refractivity contribution is 5.87. The molecule has 0 aliphatic rings. The molecule has 1 N–H and O–H groups in total. The second-order valence-electron chi connectivity index (χ2n) is 5.02. The lowest BCUT2D eigenvalue weighted by Gasteiger charge is -2.14. The number of hydrogen-bond acceptors (Lipinski definition) is 6. The van der Waals surface area contributed by atoms with Crippen LogP contribution in [0.3, 0.4) is 0 Å². The van der Waals surface area contributed by atoms with E-state index in [9.17, 15) is 4.79 Å². The average molecular weight is 305 g/mol. The van der Waals surface area contributed by atoms with Crippen LogP contribution in [0.2, 0.25) is 0 Å². The van der Waals surface area contributed by atoms with Crippen LogP contribution in [0.4, 0.5) is 0 Å². The summed E-state index contributed by atoms with van der Waals surface area (Å²) in [5, 5.41) is 12.9. The molecule has 0 spiro atoms. The second-order valence-corrected chi connectivity index (χ2v) is 5.02. The van der Waals surface area contributed by atoms with Gasteiger partial charge in [-0.1, -0.05) is 17.3 Å². The first-order valence-electron chi connectivity index (χ1n) is 6.89. The molecule has 0 bridgehead atoms. The van der Waals surface area contributed by atoms with E-state index in [0.717, 1.165) is 5.56 Å². The first kappa shape index (κ1) is 16.1. The highest BCUT2D eigenvalue weighted by Crippen LogP contribution is 2.10. The van der Waals surface area contributed by atoms with Gasteiger partial charge in [-0.25, -0.2) is 4.79 Å². The molecule has 0 aliphatic heterocycles. The first-order chi connectivity index (χ1) is 10.6. The van der Waals surface area contributed by atoms with E-state index in [4.69, 9.17) is 14.4 Å². The van der Waals surface area contributed by atoms with Crippen molar-refractivity contribution in [1.82, 2.24) is 15.0 Å². The molecule has 0 amide bonds. The zero-order chi connectivity index (χ0) is 15.9. The Labute approximate surface area is 128 Å². The fourth-order valence-corrected chi connectivity index (χ4v) is 2.05. The normalized spacial score (nSPS) is 11.0. The van der Waals surface area contributed by atoms with Gasteiger partial charge in [0.25, 0.3) is 0 Å². The smallest absolute Gasteiger partial charge is 0.335 e. The molecule has 0 fully saturated rings. The van der Waals surface area contributed by atoms with E-state index >= 15 is 0 Å². The van der Waals surface area contributed by atoms with Crippen molar-refractivity contribution < 1.29 is 19.2 Å². The predicted molar refractivity (Wildman–Crippen MR) is 78.5 cm³/mol. The molecule has 1 aromatic heterocycles. The van der Waals surface area contributed by atoms with Gasteiger partial charge in [-0.15, -0.1) is 0 Å². The number of ether oxygens (including phenoxy) is 1. The van der Waals surface area contributed by atoms with Crippen molar-refractivity contribution in [2.24, 2.45) is 0 Å². The number of benzene rings is 1. The number of nitrogens with zero attached hydrogens (tertiary/aromatic N) is 3. The van der Waals surface area contributed by atoms with Gasteiger partial charge in [0.1, 0.15) is 0 Å². The fraction of sp³-hybridized carbons (Fsp3) is 0.400. The van der Waals surface area contributed by atoms with Gasteiger partial charge in [0, 0.05) is 20.1 Å². The third kappa shape index (κ3) is 4.64. The standard InChI is InChI=1S/C15H19N3O4/c1-18(9-11-4-3-5-12(8-11)15(19)20)10-14-16-13(17-22-14)6-7-21-2/h3-5,8H,6-7,9-10H2,1-2H3,(H,19,20). The first-order valence-corrected chi connectivity index (χ1v) is 6.89. The van der Waals surface area contributed by atoms with Gasteiger partial charge in [0.05, 0.1) is 18.7 Å². The lowest BCUT2D eigenvalue weighted by molar-refractivity contribution is 0.0696. The van der Waals surface area contributed by atoms with Crippen LogP contribution in [0.25, 0.3) is 0 Å². The maximum absolute atomic E-state index is 11.0. The SMILES string of the molecule is COCCc1noc(CN(C)Cc2cccc(C(=O)O)c2)n1. The summed E-state index contributed by atoms with van der Waals surface area (Å²) in [6.45, 7) is 1.64. The summed E-state index contributed by atoms with van der Waals surface area (Å²) >= 11 is 0. The summed E-state index contributed by atoms with van der Waals surface area (Å²) in [7, 11) is 3.53. The largest absolute Gasteiger partial charge is 0.478 e. The molecular formula is C15H19N3O4. The van der Waals surface area contributed by atoms with Gasteiger partial charge in [-0.2, -0.15) is 4.98 Å². The number of aromatic carboxylic acids is 1. The number of rotatable bonds is 8. The predicted octanol–water partition coefficient (Wildman–Crippen LogP) is 1.59. The Hall–Kier alpha value is -2.25. The van der Waals surface area contributed by atoms with Crippen LogP contribution in [0.15, 0.2) is 28.8 Å². The van der Waals surface area contributed by atoms with E-state index in [1.54, 1.807) is 25.3 Å². The molecular weight excluding hydrogens is 286 g/mol. The number of methoxy groups -OCH3 is 1. The lowest BCUT2D eigenvalue weighted by Crippen LogP contribution is -2.17. The monoisotopic (exact) mass is 305 g/mol. The van der Waals surface area contributed by atoms with Gasteiger partial charge in [-0.3, -0.25) is 4.90 Å². The molecule has 7 nitrogen and oxygen atoms in total. The maximum Gasteiger partial charge on any atom is 0.335 e. The molecule has 2 rings (SSSR count). The number of carboxylic acids is 1. The third-order valence-electron chi connectivity index (χ3n) is 3.07. The van der Waals surface area contributed by atoms with Crippen LogP contribution >= 0.6 is 0 Å². The second kappa shape index (κ2) is 7.67. The van der Waals surface area contributed by atoms with E-state index in [2.05, 4.69) is 10.1 Å². The Kier molecular flexibility index (Phi) is 5.62. The number of hydrogen-bond donors (Lipinski definition) is 1. The van der Waals surface area contributed by atoms with Crippen LogP contribution in [-0.4, -0.2) is 46.9 Å². The van der Waals surface area contributed by atoms with E-state index in [-0.39, 0.29) is 5.56 Å². The number of carbonyl (C=O) groups is 1. The molecule has 7 heteroatoms. The summed E-state index contributed by atoms with van der Waals surface area (Å²) in [6.07, 6.45) is 0.615. The molecule has 0 aliphatic carbocycles. The van der Waals surface area contributed by atoms with E-state index in [1.807, 2.05) is 18.0 Å². The molecule has 0 saturated carbocycles. The van der Waals surface area contributed by atoms with Crippen molar-refractivity contribution in [2.45, 2.75) is 19.5 Å². The minimum Gasteiger partial charge on any atom is -0.478 e. The highest BCUT2D eigenvalue weighted by atomic mass is 16.5. The highest BCUT2D eigenvalue weighted by Gasteiger charge is 2.10. The summed E-state index contributed by atoms with van der Waals surface area (Å²) in [5.41, 5.74) is 1.20. The van der Waals surface area contributed by atoms with E-state index < -0.39 is 5.97 Å². The summed E-state index contributed by atoms with van der Waals surface area (Å²) in [5.74, 6) is 0.227. The molecule has 1 heterocycles. The van der Waals surface area contributed by atoms with Crippen LogP contribution in [0.5, 0.6) is 0 Å². The number of carboxylic acid groups (broad SMARTS) is 1. The van der Waals surface area contributed by atoms with Crippen molar-refractivity contribution in [2.75, 3.05) is 20.8 Å². The lowest BCUT2D eigenvalue weighted by atomic mass is 10.1. The van der Waals surface area contributed by atoms with Crippen LogP contribution in [0, 0.1) is 0 Å². The molecule has 1 aromatic carbocycles. The Morgan fingerprint density at radius 3 is 2.95 bits per heavy atom. The Bertz CT molecular complexity index is 627. The molecule has 22 heavy (non-hydrogen) atoms. The Morgan fingerprint density at radius 2 is 2.23 bits per heavy atom. The third-order valence-corrected chi connectivity index (χ3v) is 3.07. The zero-order valence-electron chi connectivity index (χ0n) is 12.7. The molecule has 0 saturated heterocycles. The number of aromatic nitrogens is 2. The molecule has 0 radical (unpaired) electrons. The van der Waals surface area contributed by atoms with Crippen LogP contribution in [-0.2, 0) is 24.2 Å². The van der Waals surface area contributed by atoms with Crippen molar-refractivity contribution in [3.63, 3.8) is 0 Å². The van der Waals surface area contributed by atoms with E-state index in [1.165, 1.54) is 0 Å². The molecule has 118 valence electrons. The minimum absolute atomic E-state index is 0.283. The Morgan fingerprint density at radius 1 is 1.41 bits per heavy atom. The van der Waals surface area contributed by atoms with Gasteiger partial charge < -0.3 is 14.4 Å². The van der Waals surface area contributed by atoms with Crippen molar-refractivity contribution in [3.05, 3.63) is 47.1 Å². The summed E-state index contributed by atoms with van der Waals surface area (Å²) < 4.78 is 10.1. The van der Waals surface area contributed by atoms with Crippen molar-refractivity contribution in [3.8, 4) is 0 Å². The van der Waals surface area contributed by atoms with Gasteiger partial charge in [0.15, 0.2) is 5.82 Å². The average Bonchev–Trinajstić information content (AvgIpc) is 2.92. The zero-order valence-corrected chi connectivity index (χ0v) is 12.7.